The van der Waals surface area contributed by atoms with E-state index in [-0.39, 0.29) is 6.42 Å². The second kappa shape index (κ2) is 6.11. The molecule has 0 saturated carbocycles. The fraction of sp³-hybridized carbons (Fsp3) is 0.118. The molecular formula is C17H12FN5O. The molecule has 1 unspecified atom stereocenters. The molecule has 3 aromatic heterocycles. The average molecular weight is 321 g/mol. The number of hydrogen-bond acceptors (Lipinski definition) is 6. The van der Waals surface area contributed by atoms with E-state index in [1.807, 2.05) is 18.2 Å². The Bertz CT molecular complexity index is 919. The zero-order chi connectivity index (χ0) is 16.4. The maximum absolute atomic E-state index is 13.1. The van der Waals surface area contributed by atoms with Crippen LogP contribution in [-0.4, -0.2) is 32.5 Å². The van der Waals surface area contributed by atoms with Gasteiger partial charge in [-0.15, -0.1) is 0 Å². The van der Waals surface area contributed by atoms with Gasteiger partial charge in [0.2, 0.25) is 5.82 Å². The van der Waals surface area contributed by atoms with Crippen molar-refractivity contribution in [3.8, 4) is 22.6 Å². The van der Waals surface area contributed by atoms with Gasteiger partial charge in [0, 0.05) is 48.5 Å². The van der Waals surface area contributed by atoms with Crippen LogP contribution < -0.4 is 0 Å². The summed E-state index contributed by atoms with van der Waals surface area (Å²) in [6, 6.07) is 5.71. The highest BCUT2D eigenvalue weighted by atomic mass is 19.1. The molecule has 0 fully saturated rings. The van der Waals surface area contributed by atoms with Crippen LogP contribution in [0.4, 0.5) is 4.39 Å². The highest BCUT2D eigenvalue weighted by Crippen LogP contribution is 2.25. The summed E-state index contributed by atoms with van der Waals surface area (Å²) < 4.78 is 18.4. The summed E-state index contributed by atoms with van der Waals surface area (Å²) >= 11 is 0. The molecule has 7 heteroatoms. The Balaban J connectivity index is 1.65. The third-order valence-electron chi connectivity index (χ3n) is 3.55. The minimum atomic E-state index is -1.06. The lowest BCUT2D eigenvalue weighted by atomic mass is 10.1. The molecule has 0 spiro atoms. The molecule has 0 bridgehead atoms. The Morgan fingerprint density at radius 1 is 1.08 bits per heavy atom. The standard InChI is InChI=1S/C17H12FN5O/c18-14-3-4-15(21-10-14)16-22-17(24-23-16)13-6-12(8-20-9-13)11-2-1-5-19-7-11/h1-2,4-10,14H,3H2. The van der Waals surface area contributed by atoms with Gasteiger partial charge in [-0.3, -0.25) is 15.0 Å². The fourth-order valence-electron chi connectivity index (χ4n) is 2.34. The van der Waals surface area contributed by atoms with Crippen LogP contribution in [0.2, 0.25) is 0 Å². The van der Waals surface area contributed by atoms with E-state index in [0.717, 1.165) is 11.1 Å². The first-order chi connectivity index (χ1) is 11.8. The number of aliphatic imine (C=N–C) groups is 1. The number of rotatable bonds is 3. The number of hydrogen-bond donors (Lipinski definition) is 0. The van der Waals surface area contributed by atoms with E-state index in [1.165, 1.54) is 6.21 Å². The molecule has 0 aromatic carbocycles. The van der Waals surface area contributed by atoms with Gasteiger partial charge in [0.1, 0.15) is 11.9 Å². The van der Waals surface area contributed by atoms with Crippen molar-refractivity contribution in [3.63, 3.8) is 0 Å². The summed E-state index contributed by atoms with van der Waals surface area (Å²) in [6.07, 6.45) is 8.97. The summed E-state index contributed by atoms with van der Waals surface area (Å²) in [5, 5.41) is 3.91. The third kappa shape index (κ3) is 2.83. The van der Waals surface area contributed by atoms with Crippen molar-refractivity contribution < 1.29 is 8.91 Å². The van der Waals surface area contributed by atoms with E-state index >= 15 is 0 Å². The van der Waals surface area contributed by atoms with E-state index in [9.17, 15) is 4.39 Å². The highest BCUT2D eigenvalue weighted by Gasteiger charge is 2.16. The Hall–Kier alpha value is -3.22. The second-order valence-corrected chi connectivity index (χ2v) is 5.25. The van der Waals surface area contributed by atoms with Crippen molar-refractivity contribution in [1.82, 2.24) is 20.1 Å². The molecule has 6 nitrogen and oxygen atoms in total. The van der Waals surface area contributed by atoms with Crippen LogP contribution in [0.15, 0.2) is 58.6 Å². The number of pyridine rings is 2. The number of halogens is 1. The van der Waals surface area contributed by atoms with Crippen molar-refractivity contribution in [1.29, 1.82) is 0 Å². The Labute approximate surface area is 136 Å². The smallest absolute Gasteiger partial charge is 0.259 e. The highest BCUT2D eigenvalue weighted by molar-refractivity contribution is 5.77. The van der Waals surface area contributed by atoms with Crippen LogP contribution in [0.5, 0.6) is 0 Å². The fourth-order valence-corrected chi connectivity index (χ4v) is 2.34. The molecule has 0 aliphatic carbocycles. The summed E-state index contributed by atoms with van der Waals surface area (Å²) in [7, 11) is 0. The normalized spacial score (nSPS) is 16.9. The minimum Gasteiger partial charge on any atom is -0.333 e. The van der Waals surface area contributed by atoms with Crippen molar-refractivity contribution in [2.75, 3.05) is 0 Å². The summed E-state index contributed by atoms with van der Waals surface area (Å²) in [4.78, 5) is 16.7. The molecular weight excluding hydrogens is 309 g/mol. The van der Waals surface area contributed by atoms with Crippen LogP contribution in [0, 0.1) is 0 Å². The van der Waals surface area contributed by atoms with Gasteiger partial charge >= 0.3 is 0 Å². The summed E-state index contributed by atoms with van der Waals surface area (Å²) in [6.45, 7) is 0. The van der Waals surface area contributed by atoms with Gasteiger partial charge in [-0.2, -0.15) is 4.98 Å². The van der Waals surface area contributed by atoms with Crippen molar-refractivity contribution >= 4 is 11.9 Å². The largest absolute Gasteiger partial charge is 0.333 e. The molecule has 1 aliphatic heterocycles. The maximum atomic E-state index is 13.1. The summed E-state index contributed by atoms with van der Waals surface area (Å²) in [5.41, 5.74) is 3.05. The van der Waals surface area contributed by atoms with Crippen LogP contribution in [0.3, 0.4) is 0 Å². The maximum Gasteiger partial charge on any atom is 0.259 e. The van der Waals surface area contributed by atoms with Gasteiger partial charge in [-0.05, 0) is 12.1 Å². The first kappa shape index (κ1) is 14.4. The predicted molar refractivity (Wildman–Crippen MR) is 86.7 cm³/mol. The lowest BCUT2D eigenvalue weighted by Gasteiger charge is -2.04. The molecule has 0 saturated heterocycles. The Kier molecular flexibility index (Phi) is 3.66. The number of aromatic nitrogens is 4. The predicted octanol–water partition coefficient (Wildman–Crippen LogP) is 3.35. The molecule has 4 rings (SSSR count). The van der Waals surface area contributed by atoms with Gasteiger partial charge < -0.3 is 4.52 Å². The van der Waals surface area contributed by atoms with Crippen LogP contribution in [0.25, 0.3) is 28.3 Å². The molecule has 0 radical (unpaired) electrons. The molecule has 1 aliphatic rings. The first-order valence-electron chi connectivity index (χ1n) is 7.38. The zero-order valence-corrected chi connectivity index (χ0v) is 12.5. The lowest BCUT2D eigenvalue weighted by Crippen LogP contribution is -2.04. The van der Waals surface area contributed by atoms with Gasteiger partial charge in [-0.1, -0.05) is 17.3 Å². The molecule has 3 aromatic rings. The molecule has 1 atom stereocenters. The first-order valence-corrected chi connectivity index (χ1v) is 7.38. The molecule has 118 valence electrons. The van der Waals surface area contributed by atoms with Crippen LogP contribution >= 0.6 is 0 Å². The van der Waals surface area contributed by atoms with Crippen molar-refractivity contribution in [2.24, 2.45) is 4.99 Å². The second-order valence-electron chi connectivity index (χ2n) is 5.25. The van der Waals surface area contributed by atoms with E-state index in [2.05, 4.69) is 25.1 Å². The molecule has 4 heterocycles. The topological polar surface area (TPSA) is 77.1 Å². The number of alkyl halides is 1. The van der Waals surface area contributed by atoms with E-state index in [0.29, 0.717) is 23.0 Å². The van der Waals surface area contributed by atoms with Gasteiger partial charge in [0.25, 0.3) is 5.89 Å². The van der Waals surface area contributed by atoms with Gasteiger partial charge in [0.15, 0.2) is 0 Å². The molecule has 0 amide bonds. The van der Waals surface area contributed by atoms with E-state index in [1.54, 1.807) is 30.9 Å². The van der Waals surface area contributed by atoms with Gasteiger partial charge in [0.05, 0.1) is 5.56 Å². The third-order valence-corrected chi connectivity index (χ3v) is 3.55. The van der Waals surface area contributed by atoms with Crippen molar-refractivity contribution in [3.05, 3.63) is 54.9 Å². The molecule has 0 N–H and O–H groups in total. The average Bonchev–Trinajstić information content (AvgIpc) is 3.13. The van der Waals surface area contributed by atoms with Crippen molar-refractivity contribution in [2.45, 2.75) is 12.6 Å². The Morgan fingerprint density at radius 2 is 1.96 bits per heavy atom. The number of nitrogens with zero attached hydrogens (tertiary/aromatic N) is 5. The summed E-state index contributed by atoms with van der Waals surface area (Å²) in [5.74, 6) is 0.668. The Morgan fingerprint density at radius 3 is 2.75 bits per heavy atom. The molecule has 24 heavy (non-hydrogen) atoms. The van der Waals surface area contributed by atoms with E-state index < -0.39 is 6.17 Å². The van der Waals surface area contributed by atoms with Crippen LogP contribution in [-0.2, 0) is 0 Å². The monoisotopic (exact) mass is 321 g/mol. The lowest BCUT2D eigenvalue weighted by molar-refractivity contribution is 0.425. The zero-order valence-electron chi connectivity index (χ0n) is 12.5. The SMILES string of the molecule is FC1C=NC(c2noc(-c3cncc(-c4cccnc4)c3)n2)=CC1. The minimum absolute atomic E-state index is 0.265. The van der Waals surface area contributed by atoms with E-state index in [4.69, 9.17) is 4.52 Å². The quantitative estimate of drug-likeness (QED) is 0.739. The van der Waals surface area contributed by atoms with Crippen LogP contribution in [0.1, 0.15) is 12.2 Å². The number of allylic oxidation sites excluding steroid dienone is 1. The van der Waals surface area contributed by atoms with Gasteiger partial charge in [-0.25, -0.2) is 4.39 Å².